The number of halogens is 1. The van der Waals surface area contributed by atoms with E-state index in [2.05, 4.69) is 23.4 Å². The number of carbonyl (C=O) groups excluding carboxylic acids is 3. The van der Waals surface area contributed by atoms with Gasteiger partial charge < -0.3 is 19.4 Å². The normalized spacial score (nSPS) is 36.8. The van der Waals surface area contributed by atoms with Crippen LogP contribution in [-0.2, 0) is 35.1 Å². The summed E-state index contributed by atoms with van der Waals surface area (Å²) < 4.78 is 29.3. The van der Waals surface area contributed by atoms with Gasteiger partial charge in [-0.2, -0.15) is 0 Å². The summed E-state index contributed by atoms with van der Waals surface area (Å²) in [6, 6.07) is 4.17. The van der Waals surface area contributed by atoms with E-state index in [1.807, 2.05) is 45.9 Å². The molecule has 47 heavy (non-hydrogen) atoms. The summed E-state index contributed by atoms with van der Waals surface area (Å²) in [7, 11) is 0. The van der Waals surface area contributed by atoms with Crippen molar-refractivity contribution < 1.29 is 38.2 Å². The largest absolute Gasteiger partial charge is 0.457 e. The molecule has 3 fully saturated rings. The molecule has 1 aromatic rings. The van der Waals surface area contributed by atoms with Gasteiger partial charge in [0.05, 0.1) is 6.10 Å². The molecular formula is C37H48FNO7S. The number of esters is 2. The van der Waals surface area contributed by atoms with Gasteiger partial charge in [-0.05, 0) is 75.8 Å². The SMILES string of the molecule is C/C=C/c1ccc(CCO/N=C2\C=C[C@@]3(C)C(=C2)CC[C@H]2[C@@H]4C[C@H](C)C(OC(=O)CC)(C(=O)COC(=O)CC)[C@@]4(C)C[C@H](O)[C@@]23F)s1. The Morgan fingerprint density at radius 2 is 1.89 bits per heavy atom. The summed E-state index contributed by atoms with van der Waals surface area (Å²) in [4.78, 5) is 46.9. The smallest absolute Gasteiger partial charge is 0.306 e. The van der Waals surface area contributed by atoms with Crippen molar-refractivity contribution in [3.63, 3.8) is 0 Å². The summed E-state index contributed by atoms with van der Waals surface area (Å²) in [5.41, 5.74) is -4.42. The number of hydrogen-bond acceptors (Lipinski definition) is 9. The maximum Gasteiger partial charge on any atom is 0.306 e. The van der Waals surface area contributed by atoms with Crippen molar-refractivity contribution in [3.8, 4) is 0 Å². The molecule has 0 amide bonds. The number of aliphatic hydroxyl groups excluding tert-OH is 1. The molecule has 0 saturated heterocycles. The van der Waals surface area contributed by atoms with Crippen molar-refractivity contribution in [1.29, 1.82) is 0 Å². The highest BCUT2D eigenvalue weighted by Crippen LogP contribution is 2.71. The Kier molecular flexibility index (Phi) is 10.1. The van der Waals surface area contributed by atoms with Crippen LogP contribution in [0.3, 0.4) is 0 Å². The van der Waals surface area contributed by atoms with E-state index in [4.69, 9.17) is 14.3 Å². The Labute approximate surface area is 281 Å². The minimum atomic E-state index is -2.03. The average molecular weight is 670 g/mol. The van der Waals surface area contributed by atoms with Crippen LogP contribution in [0.25, 0.3) is 6.08 Å². The Morgan fingerprint density at radius 3 is 2.60 bits per heavy atom. The lowest BCUT2D eigenvalue weighted by Gasteiger charge is -2.62. The molecule has 0 radical (unpaired) electrons. The maximum atomic E-state index is 17.9. The number of allylic oxidation sites excluding steroid dienone is 5. The van der Waals surface area contributed by atoms with E-state index in [9.17, 15) is 19.5 Å². The van der Waals surface area contributed by atoms with Crippen LogP contribution in [-0.4, -0.2) is 59.1 Å². The number of alkyl halides is 1. The van der Waals surface area contributed by atoms with Crippen molar-refractivity contribution in [2.24, 2.45) is 33.7 Å². The zero-order valence-electron chi connectivity index (χ0n) is 28.3. The van der Waals surface area contributed by atoms with Crippen LogP contribution in [0.2, 0.25) is 0 Å². The van der Waals surface area contributed by atoms with Crippen molar-refractivity contribution in [3.05, 3.63) is 51.8 Å². The monoisotopic (exact) mass is 669 g/mol. The molecule has 3 saturated carbocycles. The lowest BCUT2D eigenvalue weighted by atomic mass is 9.44. The molecule has 8 atom stereocenters. The summed E-state index contributed by atoms with van der Waals surface area (Å²) in [5, 5.41) is 16.2. The van der Waals surface area contributed by atoms with Crippen LogP contribution in [0.5, 0.6) is 0 Å². The Balaban J connectivity index is 1.39. The van der Waals surface area contributed by atoms with Crippen LogP contribution in [0.1, 0.15) is 89.8 Å². The number of carbonyl (C=O) groups is 3. The summed E-state index contributed by atoms with van der Waals surface area (Å²) in [5.74, 6) is -3.05. The van der Waals surface area contributed by atoms with Gasteiger partial charge in [-0.15, -0.1) is 11.3 Å². The minimum absolute atomic E-state index is 0.0480. The van der Waals surface area contributed by atoms with Crippen molar-refractivity contribution >= 4 is 40.8 Å². The minimum Gasteiger partial charge on any atom is -0.457 e. The highest BCUT2D eigenvalue weighted by Gasteiger charge is 2.77. The van der Waals surface area contributed by atoms with Gasteiger partial charge in [0.2, 0.25) is 5.78 Å². The topological polar surface area (TPSA) is 111 Å². The zero-order chi connectivity index (χ0) is 34.2. The second-order valence-corrected chi connectivity index (χ2v) is 15.1. The van der Waals surface area contributed by atoms with Gasteiger partial charge in [0.15, 0.2) is 17.9 Å². The first-order valence-corrected chi connectivity index (χ1v) is 17.7. The first-order chi connectivity index (χ1) is 22.3. The number of aliphatic hydroxyl groups is 1. The van der Waals surface area contributed by atoms with E-state index in [0.29, 0.717) is 31.6 Å². The standard InChI is InChI=1S/C37H48FNO7S/c1-7-10-26-12-13-27(47-26)16-18-45-39-25-15-17-34(5)24(20-25)11-14-28-29-19-23(4)37(46-33(43)9-3,31(41)22-44-32(42)8-2)35(29,6)21-30(40)36(28,34)38/h7,10,12-13,15,17,20,23,28-30,40H,8-9,11,14,16,18-19,21-22H2,1-6H3/b10-7+,39-25+/t23-,28-,29-,30-,34-,35-,36-,37?/m0/s1. The number of ketones is 1. The van der Waals surface area contributed by atoms with Gasteiger partial charge in [0.25, 0.3) is 0 Å². The number of oxime groups is 1. The number of thiophene rings is 1. The van der Waals surface area contributed by atoms with Gasteiger partial charge in [-0.3, -0.25) is 14.4 Å². The molecule has 5 rings (SSSR count). The fraction of sp³-hybridized carbons (Fsp3) is 0.622. The summed E-state index contributed by atoms with van der Waals surface area (Å²) in [6.07, 6.45) is 10.3. The van der Waals surface area contributed by atoms with Gasteiger partial charge >= 0.3 is 11.9 Å². The molecule has 0 aliphatic heterocycles. The van der Waals surface area contributed by atoms with E-state index in [1.54, 1.807) is 31.3 Å². The van der Waals surface area contributed by atoms with Crippen LogP contribution >= 0.6 is 11.3 Å². The number of ether oxygens (including phenoxy) is 2. The van der Waals surface area contributed by atoms with Crippen LogP contribution in [0.4, 0.5) is 4.39 Å². The third-order valence-corrected chi connectivity index (χ3v) is 12.6. The summed E-state index contributed by atoms with van der Waals surface area (Å²) >= 11 is 1.71. The van der Waals surface area contributed by atoms with Crippen molar-refractivity contribution in [2.45, 2.75) is 104 Å². The molecule has 10 heteroatoms. The fourth-order valence-electron chi connectivity index (χ4n) is 9.12. The average Bonchev–Trinajstić information content (AvgIpc) is 3.58. The molecule has 4 aliphatic carbocycles. The van der Waals surface area contributed by atoms with Crippen LogP contribution in [0.15, 0.2) is 47.2 Å². The van der Waals surface area contributed by atoms with E-state index in [-0.39, 0.29) is 25.2 Å². The van der Waals surface area contributed by atoms with Crippen LogP contribution < -0.4 is 0 Å². The first kappa shape index (κ1) is 35.2. The molecular weight excluding hydrogens is 621 g/mol. The molecule has 0 spiro atoms. The number of Topliss-reactive ketones (excluding diaryl/α,β-unsaturated/α-hetero) is 1. The van der Waals surface area contributed by atoms with Gasteiger partial charge in [-0.25, -0.2) is 4.39 Å². The summed E-state index contributed by atoms with van der Waals surface area (Å²) in [6.45, 7) is 10.7. The van der Waals surface area contributed by atoms with Gasteiger partial charge in [-0.1, -0.05) is 50.6 Å². The Hall–Kier alpha value is -3.11. The second-order valence-electron chi connectivity index (χ2n) is 13.9. The molecule has 1 N–H and O–H groups in total. The van der Waals surface area contributed by atoms with Crippen molar-refractivity contribution in [1.82, 2.24) is 0 Å². The highest BCUT2D eigenvalue weighted by molar-refractivity contribution is 7.12. The first-order valence-electron chi connectivity index (χ1n) is 16.9. The molecule has 256 valence electrons. The second kappa shape index (κ2) is 13.4. The molecule has 1 aromatic heterocycles. The predicted octanol–water partition coefficient (Wildman–Crippen LogP) is 6.96. The molecule has 1 unspecified atom stereocenters. The lowest BCUT2D eigenvalue weighted by Crippen LogP contribution is -2.70. The lowest BCUT2D eigenvalue weighted by molar-refractivity contribution is -0.228. The molecule has 0 bridgehead atoms. The quantitative estimate of drug-likeness (QED) is 0.154. The number of rotatable bonds is 11. The maximum absolute atomic E-state index is 17.9. The number of fused-ring (bicyclic) bond motifs is 5. The van der Waals surface area contributed by atoms with Crippen LogP contribution in [0, 0.1) is 28.6 Å². The zero-order valence-corrected chi connectivity index (χ0v) is 29.2. The van der Waals surface area contributed by atoms with Gasteiger partial charge in [0.1, 0.15) is 12.3 Å². The predicted molar refractivity (Wildman–Crippen MR) is 179 cm³/mol. The number of nitrogens with zero attached hydrogens (tertiary/aromatic N) is 1. The highest BCUT2D eigenvalue weighted by atomic mass is 32.1. The molecule has 0 aromatic carbocycles. The van der Waals surface area contributed by atoms with Gasteiger partial charge in [0, 0.05) is 51.7 Å². The van der Waals surface area contributed by atoms with E-state index in [0.717, 1.165) is 12.0 Å². The molecule has 8 nitrogen and oxygen atoms in total. The van der Waals surface area contributed by atoms with E-state index >= 15 is 4.39 Å². The number of hydrogen-bond donors (Lipinski definition) is 1. The Bertz CT molecular complexity index is 1510. The fourth-order valence-corrected chi connectivity index (χ4v) is 10.1. The molecule has 1 heterocycles. The molecule has 4 aliphatic rings. The van der Waals surface area contributed by atoms with E-state index in [1.165, 1.54) is 9.75 Å². The Morgan fingerprint density at radius 1 is 1.15 bits per heavy atom. The van der Waals surface area contributed by atoms with E-state index < -0.39 is 64.4 Å². The van der Waals surface area contributed by atoms with Crippen molar-refractivity contribution in [2.75, 3.05) is 13.2 Å². The third kappa shape index (κ3) is 5.73. The third-order valence-electron chi connectivity index (χ3n) is 11.4.